The monoisotopic (exact) mass is 260 g/mol. The molecule has 1 saturated heterocycles. The normalized spacial score (nSPS) is 15.3. The molecule has 0 atom stereocenters. The topological polar surface area (TPSA) is 90.5 Å². The number of rotatable bonds is 2. The largest absolute Gasteiger partial charge is 0.360 e. The summed E-state index contributed by atoms with van der Waals surface area (Å²) in [6, 6.07) is 6.14. The zero-order chi connectivity index (χ0) is 14.0. The molecule has 0 radical (unpaired) electrons. The van der Waals surface area contributed by atoms with Gasteiger partial charge in [-0.25, -0.2) is 0 Å². The van der Waals surface area contributed by atoms with Crippen LogP contribution in [0.1, 0.15) is 5.56 Å². The van der Waals surface area contributed by atoms with E-state index >= 15 is 0 Å². The van der Waals surface area contributed by atoms with Crippen molar-refractivity contribution in [2.24, 2.45) is 0 Å². The van der Waals surface area contributed by atoms with E-state index in [1.807, 2.05) is 11.0 Å². The highest BCUT2D eigenvalue weighted by atomic mass is 16.6. The van der Waals surface area contributed by atoms with Crippen LogP contribution in [-0.4, -0.2) is 42.4 Å². The van der Waals surface area contributed by atoms with Crippen molar-refractivity contribution < 1.29 is 9.72 Å². The van der Waals surface area contributed by atoms with E-state index in [2.05, 4.69) is 0 Å². The van der Waals surface area contributed by atoms with Crippen molar-refractivity contribution in [2.75, 3.05) is 31.6 Å². The predicted octanol–water partition coefficient (Wildman–Crippen LogP) is 0.745. The van der Waals surface area contributed by atoms with Crippen LogP contribution >= 0.6 is 0 Å². The highest BCUT2D eigenvalue weighted by Crippen LogP contribution is 2.25. The number of hydrogen-bond acceptors (Lipinski definition) is 5. The minimum atomic E-state index is -0.586. The number of piperazine rings is 1. The molecule has 1 aromatic carbocycles. The molecule has 7 heteroatoms. The van der Waals surface area contributed by atoms with Crippen molar-refractivity contribution in [3.63, 3.8) is 0 Å². The number of benzene rings is 1. The molecule has 0 saturated carbocycles. The summed E-state index contributed by atoms with van der Waals surface area (Å²) < 4.78 is 0. The second-order valence-corrected chi connectivity index (χ2v) is 4.31. The number of nitro groups is 1. The summed E-state index contributed by atoms with van der Waals surface area (Å²) in [5, 5.41) is 19.7. The second-order valence-electron chi connectivity index (χ2n) is 4.31. The predicted molar refractivity (Wildman–Crippen MR) is 67.7 cm³/mol. The Bertz CT molecular complexity index is 579. The van der Waals surface area contributed by atoms with Crippen LogP contribution < -0.4 is 4.90 Å². The zero-order valence-electron chi connectivity index (χ0n) is 10.4. The number of nitrogens with zero attached hydrogens (tertiary/aromatic N) is 4. The fourth-order valence-corrected chi connectivity index (χ4v) is 1.95. The van der Waals surface area contributed by atoms with Crippen molar-refractivity contribution in [1.82, 2.24) is 4.90 Å². The quantitative estimate of drug-likeness (QED) is 0.578. The van der Waals surface area contributed by atoms with Gasteiger partial charge in [0, 0.05) is 31.9 Å². The van der Waals surface area contributed by atoms with E-state index in [9.17, 15) is 14.9 Å². The molecule has 1 amide bonds. The number of nitriles is 1. The molecule has 1 aliphatic rings. The number of likely N-dealkylation sites (N-methyl/N-ethyl adjacent to an activating group) is 1. The lowest BCUT2D eigenvalue weighted by Gasteiger charge is -2.33. The summed E-state index contributed by atoms with van der Waals surface area (Å²) in [5.74, 6) is -0.0110. The van der Waals surface area contributed by atoms with E-state index in [1.165, 1.54) is 12.1 Å². The fourth-order valence-electron chi connectivity index (χ4n) is 1.95. The van der Waals surface area contributed by atoms with Crippen LogP contribution in [0, 0.1) is 21.4 Å². The van der Waals surface area contributed by atoms with Gasteiger partial charge in [0.2, 0.25) is 5.91 Å². The lowest BCUT2D eigenvalue weighted by molar-refractivity contribution is -0.385. The SMILES string of the molecule is CN1CCN(c2ccc([N+](=O)[O-])c(C#N)c2)CC1=O. The molecule has 0 bridgehead atoms. The van der Waals surface area contributed by atoms with Gasteiger partial charge in [0.25, 0.3) is 5.69 Å². The van der Waals surface area contributed by atoms with Gasteiger partial charge in [-0.2, -0.15) is 5.26 Å². The Morgan fingerprint density at radius 1 is 1.42 bits per heavy atom. The summed E-state index contributed by atoms with van der Waals surface area (Å²) in [6.07, 6.45) is 0. The van der Waals surface area contributed by atoms with E-state index in [0.717, 1.165) is 0 Å². The Morgan fingerprint density at radius 2 is 2.16 bits per heavy atom. The Labute approximate surface area is 109 Å². The summed E-state index contributed by atoms with van der Waals surface area (Å²) in [5.41, 5.74) is 0.448. The van der Waals surface area contributed by atoms with Crippen molar-refractivity contribution in [3.8, 4) is 6.07 Å². The Kier molecular flexibility index (Phi) is 3.33. The number of amides is 1. The Balaban J connectivity index is 2.30. The van der Waals surface area contributed by atoms with E-state index in [0.29, 0.717) is 18.8 Å². The first-order chi connectivity index (χ1) is 9.02. The third-order valence-electron chi connectivity index (χ3n) is 3.12. The molecule has 0 spiro atoms. The summed E-state index contributed by atoms with van der Waals surface area (Å²) in [7, 11) is 1.73. The molecular weight excluding hydrogens is 248 g/mol. The molecule has 0 aromatic heterocycles. The second kappa shape index (κ2) is 4.94. The molecule has 0 aliphatic carbocycles. The van der Waals surface area contributed by atoms with E-state index in [4.69, 9.17) is 5.26 Å². The highest BCUT2D eigenvalue weighted by molar-refractivity contribution is 5.82. The minimum Gasteiger partial charge on any atom is -0.360 e. The standard InChI is InChI=1S/C12H12N4O3/c1-14-4-5-15(8-12(14)17)10-2-3-11(16(18)19)9(6-10)7-13/h2-3,6H,4-5,8H2,1H3. The molecule has 7 nitrogen and oxygen atoms in total. The Hall–Kier alpha value is -2.62. The molecule has 2 rings (SSSR count). The number of carbonyl (C=O) groups is 1. The van der Waals surface area contributed by atoms with Crippen LogP contribution in [0.15, 0.2) is 18.2 Å². The maximum absolute atomic E-state index is 11.6. The molecule has 1 aromatic rings. The van der Waals surface area contributed by atoms with E-state index in [1.54, 1.807) is 18.0 Å². The van der Waals surface area contributed by atoms with Gasteiger partial charge in [-0.05, 0) is 12.1 Å². The average molecular weight is 260 g/mol. The molecule has 1 aliphatic heterocycles. The van der Waals surface area contributed by atoms with Gasteiger partial charge in [0.1, 0.15) is 11.6 Å². The third kappa shape index (κ3) is 2.47. The zero-order valence-corrected chi connectivity index (χ0v) is 10.4. The molecule has 0 N–H and O–H groups in total. The van der Waals surface area contributed by atoms with Crippen LogP contribution in [0.25, 0.3) is 0 Å². The maximum atomic E-state index is 11.6. The van der Waals surface area contributed by atoms with Crippen molar-refractivity contribution in [2.45, 2.75) is 0 Å². The summed E-state index contributed by atoms with van der Waals surface area (Å²) in [6.45, 7) is 1.46. The smallest absolute Gasteiger partial charge is 0.287 e. The molecule has 19 heavy (non-hydrogen) atoms. The number of nitro benzene ring substituents is 1. The van der Waals surface area contributed by atoms with Crippen LogP contribution in [-0.2, 0) is 4.79 Å². The van der Waals surface area contributed by atoms with Gasteiger partial charge < -0.3 is 9.80 Å². The average Bonchev–Trinajstić information content (AvgIpc) is 2.41. The number of hydrogen-bond donors (Lipinski definition) is 0. The maximum Gasteiger partial charge on any atom is 0.287 e. The van der Waals surface area contributed by atoms with Crippen LogP contribution in [0.5, 0.6) is 0 Å². The summed E-state index contributed by atoms with van der Waals surface area (Å²) >= 11 is 0. The van der Waals surface area contributed by atoms with Crippen LogP contribution in [0.3, 0.4) is 0 Å². The van der Waals surface area contributed by atoms with Gasteiger partial charge in [-0.1, -0.05) is 0 Å². The van der Waals surface area contributed by atoms with E-state index in [-0.39, 0.29) is 23.7 Å². The highest BCUT2D eigenvalue weighted by Gasteiger charge is 2.23. The molecule has 98 valence electrons. The third-order valence-corrected chi connectivity index (χ3v) is 3.12. The number of carbonyl (C=O) groups excluding carboxylic acids is 1. The van der Waals surface area contributed by atoms with Gasteiger partial charge in [0.15, 0.2) is 0 Å². The first-order valence-electron chi connectivity index (χ1n) is 5.70. The first kappa shape index (κ1) is 12.8. The van der Waals surface area contributed by atoms with Crippen LogP contribution in [0.4, 0.5) is 11.4 Å². The van der Waals surface area contributed by atoms with E-state index < -0.39 is 4.92 Å². The number of anilines is 1. The first-order valence-corrected chi connectivity index (χ1v) is 5.70. The molecule has 1 fully saturated rings. The molecule has 1 heterocycles. The van der Waals surface area contributed by atoms with Gasteiger partial charge in [-0.3, -0.25) is 14.9 Å². The molecule has 0 unspecified atom stereocenters. The van der Waals surface area contributed by atoms with Crippen molar-refractivity contribution in [3.05, 3.63) is 33.9 Å². The van der Waals surface area contributed by atoms with Crippen LogP contribution in [0.2, 0.25) is 0 Å². The van der Waals surface area contributed by atoms with Gasteiger partial charge >= 0.3 is 0 Å². The van der Waals surface area contributed by atoms with Gasteiger partial charge in [0.05, 0.1) is 11.5 Å². The molecular formula is C12H12N4O3. The Morgan fingerprint density at radius 3 is 2.74 bits per heavy atom. The lowest BCUT2D eigenvalue weighted by Crippen LogP contribution is -2.48. The van der Waals surface area contributed by atoms with Gasteiger partial charge in [-0.15, -0.1) is 0 Å². The summed E-state index contributed by atoms with van der Waals surface area (Å²) in [4.78, 5) is 25.2. The minimum absolute atomic E-state index is 0.00822. The lowest BCUT2D eigenvalue weighted by atomic mass is 10.1. The van der Waals surface area contributed by atoms with Crippen molar-refractivity contribution >= 4 is 17.3 Å². The van der Waals surface area contributed by atoms with Crippen molar-refractivity contribution in [1.29, 1.82) is 5.26 Å². The fraction of sp³-hybridized carbons (Fsp3) is 0.333.